The van der Waals surface area contributed by atoms with Crippen LogP contribution >= 0.6 is 12.2 Å². The molecule has 0 amide bonds. The quantitative estimate of drug-likeness (QED) is 0.632. The average Bonchev–Trinajstić information content (AvgIpc) is 2.43. The summed E-state index contributed by atoms with van der Waals surface area (Å²) in [5.74, 6) is 0. The predicted octanol–water partition coefficient (Wildman–Crippen LogP) is 3.31. The van der Waals surface area contributed by atoms with Crippen molar-refractivity contribution in [3.8, 4) is 0 Å². The second kappa shape index (κ2) is 6.68. The van der Waals surface area contributed by atoms with E-state index in [-0.39, 0.29) is 6.10 Å². The highest BCUT2D eigenvalue weighted by Gasteiger charge is 2.07. The van der Waals surface area contributed by atoms with E-state index in [2.05, 4.69) is 11.4 Å². The highest BCUT2D eigenvalue weighted by Crippen LogP contribution is 2.26. The fraction of sp³-hybridized carbons (Fsp3) is 0.312. The van der Waals surface area contributed by atoms with Gasteiger partial charge in [0, 0.05) is 23.2 Å². The first-order chi connectivity index (χ1) is 9.59. The molecule has 0 aliphatic carbocycles. The monoisotopic (exact) mass is 288 g/mol. The number of anilines is 1. The van der Waals surface area contributed by atoms with Crippen LogP contribution in [0.3, 0.4) is 0 Å². The number of nitrogens with two attached hydrogens (primary N) is 1. The Labute approximate surface area is 125 Å². The van der Waals surface area contributed by atoms with Crippen LogP contribution in [0.1, 0.15) is 19.4 Å². The molecule has 0 saturated heterocycles. The van der Waals surface area contributed by atoms with Gasteiger partial charge in [0.15, 0.2) is 0 Å². The molecule has 20 heavy (non-hydrogen) atoms. The lowest BCUT2D eigenvalue weighted by Crippen LogP contribution is -2.14. The fourth-order valence-corrected chi connectivity index (χ4v) is 2.33. The van der Waals surface area contributed by atoms with Crippen LogP contribution in [-0.4, -0.2) is 24.2 Å². The molecule has 0 fully saturated rings. The van der Waals surface area contributed by atoms with E-state index in [1.165, 1.54) is 0 Å². The first-order valence-electron chi connectivity index (χ1n) is 6.76. The molecular formula is C16H20N2OS. The lowest BCUT2D eigenvalue weighted by atomic mass is 10.0. The Hall–Kier alpha value is -1.65. The van der Waals surface area contributed by atoms with Gasteiger partial charge in [-0.15, -0.1) is 0 Å². The summed E-state index contributed by atoms with van der Waals surface area (Å²) >= 11 is 5.11. The topological polar surface area (TPSA) is 47.3 Å². The highest BCUT2D eigenvalue weighted by molar-refractivity contribution is 7.80. The summed E-state index contributed by atoms with van der Waals surface area (Å²) in [6, 6.07) is 12.1. The molecule has 106 valence electrons. The Kier molecular flexibility index (Phi) is 4.93. The number of fused-ring (bicyclic) bond motifs is 1. The van der Waals surface area contributed by atoms with Crippen molar-refractivity contribution in [1.29, 1.82) is 0 Å². The van der Waals surface area contributed by atoms with E-state index < -0.39 is 0 Å². The molecule has 0 radical (unpaired) electrons. The molecule has 4 heteroatoms. The maximum absolute atomic E-state index is 5.78. The number of hydrogen-bond donors (Lipinski definition) is 2. The zero-order valence-electron chi connectivity index (χ0n) is 11.8. The molecule has 0 aliphatic rings. The minimum atomic E-state index is 0.255. The molecule has 3 N–H and O–H groups in total. The largest absolute Gasteiger partial charge is 0.389 e. The number of hydrogen-bond acceptors (Lipinski definition) is 3. The minimum Gasteiger partial charge on any atom is -0.389 e. The van der Waals surface area contributed by atoms with E-state index in [1.807, 2.05) is 44.2 Å². The Morgan fingerprint density at radius 2 is 1.90 bits per heavy atom. The predicted molar refractivity (Wildman–Crippen MR) is 89.4 cm³/mol. The minimum absolute atomic E-state index is 0.255. The zero-order chi connectivity index (χ0) is 14.5. The lowest BCUT2D eigenvalue weighted by molar-refractivity contribution is 0.0871. The first-order valence-corrected chi connectivity index (χ1v) is 7.17. The highest BCUT2D eigenvalue weighted by atomic mass is 32.1. The van der Waals surface area contributed by atoms with Crippen LogP contribution in [0.5, 0.6) is 0 Å². The molecule has 0 bridgehead atoms. The van der Waals surface area contributed by atoms with Gasteiger partial charge >= 0.3 is 0 Å². The summed E-state index contributed by atoms with van der Waals surface area (Å²) in [7, 11) is 0. The summed E-state index contributed by atoms with van der Waals surface area (Å²) in [6.07, 6.45) is 0.255. The van der Waals surface area contributed by atoms with Gasteiger partial charge in [-0.1, -0.05) is 36.5 Å². The van der Waals surface area contributed by atoms with Crippen LogP contribution in [0.25, 0.3) is 10.8 Å². The van der Waals surface area contributed by atoms with E-state index >= 15 is 0 Å². The van der Waals surface area contributed by atoms with Crippen molar-refractivity contribution >= 4 is 33.7 Å². The third-order valence-corrected chi connectivity index (χ3v) is 3.28. The van der Waals surface area contributed by atoms with E-state index in [0.29, 0.717) is 11.6 Å². The maximum atomic E-state index is 5.78. The Bertz CT molecular complexity index is 610. The molecule has 0 unspecified atom stereocenters. The number of ether oxygens (including phenoxy) is 1. The average molecular weight is 288 g/mol. The molecule has 0 atom stereocenters. The molecule has 2 aromatic rings. The van der Waals surface area contributed by atoms with Crippen molar-refractivity contribution < 1.29 is 4.74 Å². The van der Waals surface area contributed by atoms with Gasteiger partial charge in [0.2, 0.25) is 0 Å². The van der Waals surface area contributed by atoms with Gasteiger partial charge in [0.05, 0.1) is 12.7 Å². The first kappa shape index (κ1) is 14.8. The number of benzene rings is 2. The van der Waals surface area contributed by atoms with Crippen molar-refractivity contribution in [3.05, 3.63) is 42.0 Å². The van der Waals surface area contributed by atoms with Gasteiger partial charge in [-0.25, -0.2) is 0 Å². The Morgan fingerprint density at radius 3 is 2.55 bits per heavy atom. The fourth-order valence-electron chi connectivity index (χ4n) is 2.15. The van der Waals surface area contributed by atoms with E-state index in [4.69, 9.17) is 22.7 Å². The van der Waals surface area contributed by atoms with Crippen LogP contribution in [0, 0.1) is 0 Å². The zero-order valence-corrected chi connectivity index (χ0v) is 12.7. The van der Waals surface area contributed by atoms with Gasteiger partial charge in [0.25, 0.3) is 0 Å². The Morgan fingerprint density at radius 1 is 1.20 bits per heavy atom. The van der Waals surface area contributed by atoms with Crippen molar-refractivity contribution in [2.75, 3.05) is 18.5 Å². The van der Waals surface area contributed by atoms with Crippen molar-refractivity contribution in [2.24, 2.45) is 5.73 Å². The summed E-state index contributed by atoms with van der Waals surface area (Å²) in [6.45, 7) is 5.52. The second-order valence-electron chi connectivity index (χ2n) is 4.92. The van der Waals surface area contributed by atoms with Crippen molar-refractivity contribution in [3.63, 3.8) is 0 Å². The normalized spacial score (nSPS) is 10.9. The number of rotatable bonds is 6. The van der Waals surface area contributed by atoms with Crippen molar-refractivity contribution in [2.45, 2.75) is 20.0 Å². The molecular weight excluding hydrogens is 268 g/mol. The van der Waals surface area contributed by atoms with Crippen LogP contribution in [0.15, 0.2) is 36.4 Å². The van der Waals surface area contributed by atoms with Gasteiger partial charge in [0.1, 0.15) is 4.99 Å². The maximum Gasteiger partial charge on any atom is 0.104 e. The van der Waals surface area contributed by atoms with E-state index in [0.717, 1.165) is 28.6 Å². The smallest absolute Gasteiger partial charge is 0.104 e. The third-order valence-electron chi connectivity index (χ3n) is 3.06. The van der Waals surface area contributed by atoms with Crippen LogP contribution in [0.4, 0.5) is 5.69 Å². The summed E-state index contributed by atoms with van der Waals surface area (Å²) in [4.78, 5) is 0.427. The molecule has 0 saturated carbocycles. The number of thiocarbonyl (C=S) groups is 1. The molecule has 2 rings (SSSR count). The van der Waals surface area contributed by atoms with Crippen LogP contribution < -0.4 is 11.1 Å². The van der Waals surface area contributed by atoms with Gasteiger partial charge in [-0.05, 0) is 31.4 Å². The summed E-state index contributed by atoms with van der Waals surface area (Å²) < 4.78 is 5.53. The van der Waals surface area contributed by atoms with E-state index in [9.17, 15) is 0 Å². The van der Waals surface area contributed by atoms with Gasteiger partial charge < -0.3 is 15.8 Å². The second-order valence-corrected chi connectivity index (χ2v) is 5.36. The summed E-state index contributed by atoms with van der Waals surface area (Å²) in [5, 5.41) is 5.61. The van der Waals surface area contributed by atoms with Crippen LogP contribution in [-0.2, 0) is 4.74 Å². The number of nitrogens with one attached hydrogen (secondary N) is 1. The molecule has 0 heterocycles. The van der Waals surface area contributed by atoms with Gasteiger partial charge in [-0.2, -0.15) is 0 Å². The van der Waals surface area contributed by atoms with Crippen molar-refractivity contribution in [1.82, 2.24) is 0 Å². The SMILES string of the molecule is CC(C)OCCNc1ccc(C(N)=S)c2ccccc12. The molecule has 0 spiro atoms. The lowest BCUT2D eigenvalue weighted by Gasteiger charge is -2.13. The molecule has 0 aliphatic heterocycles. The third kappa shape index (κ3) is 3.46. The molecule has 2 aromatic carbocycles. The molecule has 0 aromatic heterocycles. The summed E-state index contributed by atoms with van der Waals surface area (Å²) in [5.41, 5.74) is 7.77. The Balaban J connectivity index is 2.22. The van der Waals surface area contributed by atoms with Gasteiger partial charge in [-0.3, -0.25) is 0 Å². The standard InChI is InChI=1S/C16H20N2OS/c1-11(2)19-10-9-18-15-8-7-14(16(17)20)12-5-3-4-6-13(12)15/h3-8,11,18H,9-10H2,1-2H3,(H2,17,20). The molecule has 3 nitrogen and oxygen atoms in total. The van der Waals surface area contributed by atoms with Crippen LogP contribution in [0.2, 0.25) is 0 Å². The van der Waals surface area contributed by atoms with E-state index in [1.54, 1.807) is 0 Å².